The monoisotopic (exact) mass is 283 g/mol. The fourth-order valence-corrected chi connectivity index (χ4v) is 2.68. The maximum Gasteiger partial charge on any atom is 0.129 e. The Labute approximate surface area is 125 Å². The average Bonchev–Trinajstić information content (AvgIpc) is 3.04. The summed E-state index contributed by atoms with van der Waals surface area (Å²) < 4.78 is 5.42. The Kier molecular flexibility index (Phi) is 4.46. The summed E-state index contributed by atoms with van der Waals surface area (Å²) in [5, 5.41) is 3.39. The van der Waals surface area contributed by atoms with Crippen LogP contribution in [0.15, 0.2) is 36.7 Å². The number of aryl methyl sites for hydroxylation is 1. The van der Waals surface area contributed by atoms with Gasteiger partial charge in [-0.05, 0) is 30.9 Å². The van der Waals surface area contributed by atoms with Crippen molar-refractivity contribution in [3.8, 4) is 0 Å². The van der Waals surface area contributed by atoms with Gasteiger partial charge in [0.05, 0.1) is 12.3 Å². The summed E-state index contributed by atoms with van der Waals surface area (Å²) >= 11 is 0. The van der Waals surface area contributed by atoms with Gasteiger partial charge in [0.15, 0.2) is 0 Å². The van der Waals surface area contributed by atoms with Gasteiger partial charge in [-0.2, -0.15) is 0 Å². The molecule has 2 aromatic rings. The van der Waals surface area contributed by atoms with Crippen LogP contribution in [0.4, 0.5) is 5.82 Å². The highest BCUT2D eigenvalue weighted by molar-refractivity contribution is 5.36. The Morgan fingerprint density at radius 3 is 3.00 bits per heavy atom. The molecule has 1 unspecified atom stereocenters. The van der Waals surface area contributed by atoms with Gasteiger partial charge < -0.3 is 10.1 Å². The van der Waals surface area contributed by atoms with Crippen LogP contribution < -0.4 is 5.32 Å². The number of nitrogens with zero attached hydrogens (tertiary/aromatic N) is 2. The van der Waals surface area contributed by atoms with E-state index in [4.69, 9.17) is 4.74 Å². The van der Waals surface area contributed by atoms with E-state index in [-0.39, 0.29) is 0 Å². The second-order valence-corrected chi connectivity index (χ2v) is 5.49. The Morgan fingerprint density at radius 1 is 1.29 bits per heavy atom. The highest BCUT2D eigenvalue weighted by Crippen LogP contribution is 2.24. The molecule has 2 heterocycles. The van der Waals surface area contributed by atoms with Crippen LogP contribution in [-0.4, -0.2) is 29.7 Å². The van der Waals surface area contributed by atoms with Crippen molar-refractivity contribution in [3.63, 3.8) is 0 Å². The number of anilines is 1. The van der Waals surface area contributed by atoms with Crippen LogP contribution >= 0.6 is 0 Å². The first-order valence-electron chi connectivity index (χ1n) is 7.51. The van der Waals surface area contributed by atoms with Crippen molar-refractivity contribution in [2.45, 2.75) is 25.7 Å². The van der Waals surface area contributed by atoms with E-state index < -0.39 is 0 Å². The van der Waals surface area contributed by atoms with Crippen molar-refractivity contribution in [3.05, 3.63) is 53.5 Å². The van der Waals surface area contributed by atoms with E-state index in [1.165, 1.54) is 11.1 Å². The fourth-order valence-electron chi connectivity index (χ4n) is 2.68. The Hall–Kier alpha value is -1.94. The van der Waals surface area contributed by atoms with Crippen LogP contribution in [0.5, 0.6) is 0 Å². The first-order valence-corrected chi connectivity index (χ1v) is 7.51. The van der Waals surface area contributed by atoms with Crippen LogP contribution in [0.3, 0.4) is 0 Å². The molecule has 0 aliphatic carbocycles. The molecule has 0 spiro atoms. The number of hydrogen-bond donors (Lipinski definition) is 1. The minimum atomic E-state index is 0.421. The molecule has 1 aromatic carbocycles. The number of aromatic nitrogens is 2. The summed E-state index contributed by atoms with van der Waals surface area (Å²) in [5.41, 5.74) is 3.80. The molecule has 4 heteroatoms. The lowest BCUT2D eigenvalue weighted by Crippen LogP contribution is -2.09. The molecule has 1 N–H and O–H groups in total. The Morgan fingerprint density at radius 2 is 2.19 bits per heavy atom. The highest BCUT2D eigenvalue weighted by Gasteiger charge is 2.19. The van der Waals surface area contributed by atoms with Crippen LogP contribution in [-0.2, 0) is 11.2 Å². The zero-order chi connectivity index (χ0) is 14.5. The average molecular weight is 283 g/mol. The highest BCUT2D eigenvalue weighted by atomic mass is 16.5. The minimum Gasteiger partial charge on any atom is -0.381 e. The van der Waals surface area contributed by atoms with Crippen molar-refractivity contribution in [2.24, 2.45) is 0 Å². The molecular weight excluding hydrogens is 262 g/mol. The molecule has 1 aliphatic heterocycles. The number of ether oxygens (including phenoxy) is 1. The second kappa shape index (κ2) is 6.68. The summed E-state index contributed by atoms with van der Waals surface area (Å²) in [4.78, 5) is 8.67. The molecule has 1 aliphatic rings. The first kappa shape index (κ1) is 14.0. The van der Waals surface area contributed by atoms with Gasteiger partial charge in [0, 0.05) is 25.1 Å². The molecule has 1 aromatic heterocycles. The van der Waals surface area contributed by atoms with E-state index in [9.17, 15) is 0 Å². The van der Waals surface area contributed by atoms with Gasteiger partial charge in [0.1, 0.15) is 12.1 Å². The maximum atomic E-state index is 5.42. The molecule has 21 heavy (non-hydrogen) atoms. The third-order valence-electron chi connectivity index (χ3n) is 4.00. The van der Waals surface area contributed by atoms with E-state index >= 15 is 0 Å². The summed E-state index contributed by atoms with van der Waals surface area (Å²) in [6.07, 6.45) is 3.70. The lowest BCUT2D eigenvalue weighted by Gasteiger charge is -2.10. The fraction of sp³-hybridized carbons (Fsp3) is 0.412. The molecule has 3 rings (SSSR count). The van der Waals surface area contributed by atoms with E-state index in [1.807, 2.05) is 0 Å². The molecule has 0 amide bonds. The zero-order valence-corrected chi connectivity index (χ0v) is 12.4. The normalized spacial score (nSPS) is 17.9. The topological polar surface area (TPSA) is 47.0 Å². The molecule has 1 atom stereocenters. The first-order chi connectivity index (χ1) is 10.3. The number of hydrogen-bond acceptors (Lipinski definition) is 4. The standard InChI is InChI=1S/C17H21N3O/c1-13-4-2-3-5-14(13)6-8-18-17-10-16(19-12-20-17)15-7-9-21-11-15/h2-5,10,12,15H,6-9,11H2,1H3,(H,18,19,20). The molecule has 0 radical (unpaired) electrons. The van der Waals surface area contributed by atoms with E-state index in [0.29, 0.717) is 5.92 Å². The smallest absolute Gasteiger partial charge is 0.129 e. The van der Waals surface area contributed by atoms with Crippen LogP contribution in [0, 0.1) is 6.92 Å². The minimum absolute atomic E-state index is 0.421. The summed E-state index contributed by atoms with van der Waals surface area (Å²) in [6, 6.07) is 10.5. The van der Waals surface area contributed by atoms with Gasteiger partial charge in [-0.1, -0.05) is 24.3 Å². The number of rotatable bonds is 5. The van der Waals surface area contributed by atoms with Crippen molar-refractivity contribution < 1.29 is 4.74 Å². The molecule has 4 nitrogen and oxygen atoms in total. The Balaban J connectivity index is 1.58. The maximum absolute atomic E-state index is 5.42. The summed E-state index contributed by atoms with van der Waals surface area (Å²) in [6.45, 7) is 4.64. The van der Waals surface area contributed by atoms with Gasteiger partial charge >= 0.3 is 0 Å². The van der Waals surface area contributed by atoms with Crippen molar-refractivity contribution >= 4 is 5.82 Å². The second-order valence-electron chi connectivity index (χ2n) is 5.49. The summed E-state index contributed by atoms with van der Waals surface area (Å²) in [5.74, 6) is 1.32. The van der Waals surface area contributed by atoms with Crippen LogP contribution in [0.25, 0.3) is 0 Å². The zero-order valence-electron chi connectivity index (χ0n) is 12.4. The molecular formula is C17H21N3O. The molecule has 1 saturated heterocycles. The van der Waals surface area contributed by atoms with E-state index in [0.717, 1.165) is 44.1 Å². The van der Waals surface area contributed by atoms with E-state index in [2.05, 4.69) is 52.5 Å². The van der Waals surface area contributed by atoms with Gasteiger partial charge in [0.2, 0.25) is 0 Å². The van der Waals surface area contributed by atoms with Crippen molar-refractivity contribution in [1.29, 1.82) is 0 Å². The molecule has 110 valence electrons. The van der Waals surface area contributed by atoms with Gasteiger partial charge in [-0.15, -0.1) is 0 Å². The molecule has 0 saturated carbocycles. The van der Waals surface area contributed by atoms with Crippen LogP contribution in [0.2, 0.25) is 0 Å². The van der Waals surface area contributed by atoms with Crippen molar-refractivity contribution in [2.75, 3.05) is 25.1 Å². The lowest BCUT2D eigenvalue weighted by atomic mass is 10.0. The van der Waals surface area contributed by atoms with Gasteiger partial charge in [-0.25, -0.2) is 9.97 Å². The third kappa shape index (κ3) is 3.58. The number of nitrogens with one attached hydrogen (secondary N) is 1. The molecule has 1 fully saturated rings. The SMILES string of the molecule is Cc1ccccc1CCNc1cc(C2CCOC2)ncn1. The predicted molar refractivity (Wildman–Crippen MR) is 83.6 cm³/mol. The molecule has 0 bridgehead atoms. The lowest BCUT2D eigenvalue weighted by molar-refractivity contribution is 0.193. The van der Waals surface area contributed by atoms with Crippen LogP contribution in [0.1, 0.15) is 29.2 Å². The third-order valence-corrected chi connectivity index (χ3v) is 4.00. The largest absolute Gasteiger partial charge is 0.381 e. The summed E-state index contributed by atoms with van der Waals surface area (Å²) in [7, 11) is 0. The van der Waals surface area contributed by atoms with E-state index in [1.54, 1.807) is 6.33 Å². The van der Waals surface area contributed by atoms with Crippen molar-refractivity contribution in [1.82, 2.24) is 9.97 Å². The van der Waals surface area contributed by atoms with Gasteiger partial charge in [0.25, 0.3) is 0 Å². The Bertz CT molecular complexity index is 594. The quantitative estimate of drug-likeness (QED) is 0.916. The number of benzene rings is 1. The van der Waals surface area contributed by atoms with Gasteiger partial charge in [-0.3, -0.25) is 0 Å². The predicted octanol–water partition coefficient (Wildman–Crippen LogP) is 2.94.